The number of benzene rings is 2. The maximum atomic E-state index is 12.8. The van der Waals surface area contributed by atoms with E-state index in [2.05, 4.69) is 5.32 Å². The molecule has 0 fully saturated rings. The van der Waals surface area contributed by atoms with E-state index >= 15 is 0 Å². The Kier molecular flexibility index (Phi) is 5.88. The number of nitrogens with one attached hydrogen (secondary N) is 1. The van der Waals surface area contributed by atoms with E-state index in [0.717, 1.165) is 22.3 Å². The molecule has 1 aliphatic heterocycles. The third-order valence-electron chi connectivity index (χ3n) is 4.65. The molecule has 0 aliphatic carbocycles. The number of rotatable bonds is 7. The summed E-state index contributed by atoms with van der Waals surface area (Å²) in [5, 5.41) is 2.87. The smallest absolute Gasteiger partial charge is 0.270 e. The maximum Gasteiger partial charge on any atom is 0.270 e. The van der Waals surface area contributed by atoms with E-state index in [0.29, 0.717) is 31.8 Å². The largest absolute Gasteiger partial charge is 0.350 e. The number of hydrogen-bond acceptors (Lipinski definition) is 4. The molecule has 6 heteroatoms. The molecule has 0 saturated heterocycles. The number of hydrogen-bond donors (Lipinski definition) is 2. The van der Waals surface area contributed by atoms with Crippen molar-refractivity contribution in [3.05, 3.63) is 70.3 Å². The summed E-state index contributed by atoms with van der Waals surface area (Å²) in [5.41, 5.74) is 10.2. The number of ether oxygens (including phenoxy) is 1. The van der Waals surface area contributed by atoms with E-state index in [1.165, 1.54) is 4.90 Å². The molecule has 1 heterocycles. The number of fused-ring (bicyclic) bond motifs is 1. The van der Waals surface area contributed by atoms with Crippen molar-refractivity contribution in [1.29, 1.82) is 0 Å². The lowest BCUT2D eigenvalue weighted by atomic mass is 10.1. The van der Waals surface area contributed by atoms with Crippen LogP contribution in [0.15, 0.2) is 42.5 Å². The fourth-order valence-corrected chi connectivity index (χ4v) is 3.16. The number of amides is 2. The van der Waals surface area contributed by atoms with Gasteiger partial charge in [-0.3, -0.25) is 9.59 Å². The lowest BCUT2D eigenvalue weighted by Gasteiger charge is -2.26. The van der Waals surface area contributed by atoms with Gasteiger partial charge in [0.1, 0.15) is 0 Å². The van der Waals surface area contributed by atoms with Gasteiger partial charge in [-0.05, 0) is 36.6 Å². The normalized spacial score (nSPS) is 14.2. The van der Waals surface area contributed by atoms with E-state index in [9.17, 15) is 9.59 Å². The molecule has 2 amide bonds. The lowest BCUT2D eigenvalue weighted by Crippen LogP contribution is -2.48. The summed E-state index contributed by atoms with van der Waals surface area (Å²) in [7, 11) is 0. The summed E-state index contributed by atoms with van der Waals surface area (Å²) in [6.45, 7) is 5.31. The Bertz CT molecular complexity index is 833. The predicted molar refractivity (Wildman–Crippen MR) is 103 cm³/mol. The van der Waals surface area contributed by atoms with Gasteiger partial charge in [0.05, 0.1) is 0 Å². The highest BCUT2D eigenvalue weighted by molar-refractivity contribution is 6.00. The van der Waals surface area contributed by atoms with E-state index in [1.807, 2.05) is 56.3 Å². The van der Waals surface area contributed by atoms with Crippen LogP contribution < -0.4 is 11.1 Å². The quantitative estimate of drug-likeness (QED) is 0.785. The van der Waals surface area contributed by atoms with Crippen molar-refractivity contribution in [3.8, 4) is 0 Å². The van der Waals surface area contributed by atoms with Gasteiger partial charge in [0.2, 0.25) is 6.23 Å². The molecule has 0 radical (unpaired) electrons. The molecule has 0 aromatic heterocycles. The summed E-state index contributed by atoms with van der Waals surface area (Å²) in [5.74, 6) is -0.493. The maximum absolute atomic E-state index is 12.8. The first-order chi connectivity index (χ1) is 13.0. The minimum atomic E-state index is -0.946. The van der Waals surface area contributed by atoms with Crippen LogP contribution in [0.4, 0.5) is 0 Å². The summed E-state index contributed by atoms with van der Waals surface area (Å²) >= 11 is 0. The van der Waals surface area contributed by atoms with Gasteiger partial charge in [-0.15, -0.1) is 0 Å². The first-order valence-corrected chi connectivity index (χ1v) is 9.11. The van der Waals surface area contributed by atoms with Crippen molar-refractivity contribution >= 4 is 11.8 Å². The van der Waals surface area contributed by atoms with E-state index in [4.69, 9.17) is 10.5 Å². The van der Waals surface area contributed by atoms with Gasteiger partial charge in [0.25, 0.3) is 11.8 Å². The Balaban J connectivity index is 1.69. The van der Waals surface area contributed by atoms with Gasteiger partial charge in [-0.2, -0.15) is 0 Å². The summed E-state index contributed by atoms with van der Waals surface area (Å²) in [6, 6.07) is 13.5. The Labute approximate surface area is 159 Å². The van der Waals surface area contributed by atoms with Gasteiger partial charge in [0.15, 0.2) is 0 Å². The first-order valence-electron chi connectivity index (χ1n) is 9.11. The van der Waals surface area contributed by atoms with Crippen LogP contribution in [0.2, 0.25) is 0 Å². The number of carbonyl (C=O) groups is 2. The van der Waals surface area contributed by atoms with Crippen molar-refractivity contribution in [3.63, 3.8) is 0 Å². The van der Waals surface area contributed by atoms with E-state index in [1.54, 1.807) is 0 Å². The van der Waals surface area contributed by atoms with Gasteiger partial charge >= 0.3 is 0 Å². The predicted octanol–water partition coefficient (Wildman–Crippen LogP) is 2.09. The van der Waals surface area contributed by atoms with Gasteiger partial charge in [-0.25, -0.2) is 0 Å². The second kappa shape index (κ2) is 8.33. The molecule has 1 aliphatic rings. The zero-order chi connectivity index (χ0) is 19.4. The average Bonchev–Trinajstić information content (AvgIpc) is 3.00. The molecule has 6 nitrogen and oxygen atoms in total. The number of aryl methyl sites for hydroxylation is 1. The highest BCUT2D eigenvalue weighted by atomic mass is 16.5. The third-order valence-corrected chi connectivity index (χ3v) is 4.65. The summed E-state index contributed by atoms with van der Waals surface area (Å²) in [6.07, 6.45) is -0.946. The molecule has 3 rings (SSSR count). The van der Waals surface area contributed by atoms with E-state index in [-0.39, 0.29) is 11.8 Å². The van der Waals surface area contributed by atoms with Crippen LogP contribution in [0.3, 0.4) is 0 Å². The minimum absolute atomic E-state index is 0.172. The van der Waals surface area contributed by atoms with Crippen molar-refractivity contribution in [2.45, 2.75) is 39.7 Å². The zero-order valence-electron chi connectivity index (χ0n) is 15.7. The van der Waals surface area contributed by atoms with Crippen LogP contribution in [-0.2, 0) is 29.2 Å². The highest BCUT2D eigenvalue weighted by Gasteiger charge is 2.36. The molecule has 2 aromatic rings. The monoisotopic (exact) mass is 367 g/mol. The minimum Gasteiger partial charge on any atom is -0.350 e. The van der Waals surface area contributed by atoms with Crippen LogP contribution in [0, 0.1) is 6.92 Å². The molecular formula is C21H25N3O3. The second-order valence-electron chi connectivity index (χ2n) is 6.64. The third kappa shape index (κ3) is 4.18. The fourth-order valence-electron chi connectivity index (χ4n) is 3.16. The molecule has 3 N–H and O–H groups in total. The van der Waals surface area contributed by atoms with Gasteiger partial charge < -0.3 is 20.7 Å². The average molecular weight is 367 g/mol. The number of nitrogens with two attached hydrogens (primary N) is 1. The molecule has 0 saturated carbocycles. The molecule has 2 aromatic carbocycles. The molecule has 1 atom stereocenters. The Hall–Kier alpha value is -2.70. The Morgan fingerprint density at radius 1 is 1.22 bits per heavy atom. The molecule has 27 heavy (non-hydrogen) atoms. The zero-order valence-corrected chi connectivity index (χ0v) is 15.7. The molecule has 142 valence electrons. The molecule has 0 bridgehead atoms. The number of nitrogens with zero attached hydrogens (tertiary/aromatic N) is 1. The van der Waals surface area contributed by atoms with Gasteiger partial charge in [-0.1, -0.05) is 42.0 Å². The number of carbonyl (C=O) groups excluding carboxylic acids is 2. The summed E-state index contributed by atoms with van der Waals surface area (Å²) < 4.78 is 5.62. The van der Waals surface area contributed by atoms with Crippen LogP contribution in [0.5, 0.6) is 0 Å². The lowest BCUT2D eigenvalue weighted by molar-refractivity contribution is -0.143. The molecular weight excluding hydrogens is 342 g/mol. The van der Waals surface area contributed by atoms with Crippen molar-refractivity contribution in [1.82, 2.24) is 10.2 Å². The standard InChI is InChI=1S/C21H25N3O3/c1-3-27-21(19(25)23-12-16-7-5-15(11-22)6-8-16)24-13-17-9-4-14(2)10-18(17)20(24)26/h4-10,21H,3,11-13,22H2,1-2H3,(H,23,25). The fraction of sp³-hybridized carbons (Fsp3) is 0.333. The highest BCUT2D eigenvalue weighted by Crippen LogP contribution is 2.26. The topological polar surface area (TPSA) is 84.7 Å². The molecule has 0 spiro atoms. The van der Waals surface area contributed by atoms with E-state index < -0.39 is 6.23 Å². The molecule has 1 unspecified atom stereocenters. The first kappa shape index (κ1) is 19.1. The Morgan fingerprint density at radius 3 is 2.59 bits per heavy atom. The van der Waals surface area contributed by atoms with Crippen LogP contribution in [0.1, 0.15) is 39.5 Å². The van der Waals surface area contributed by atoms with Crippen molar-refractivity contribution in [2.24, 2.45) is 5.73 Å². The van der Waals surface area contributed by atoms with Gasteiger partial charge in [0, 0.05) is 31.8 Å². The van der Waals surface area contributed by atoms with Crippen LogP contribution in [0.25, 0.3) is 0 Å². The second-order valence-corrected chi connectivity index (χ2v) is 6.64. The SMILES string of the molecule is CCOC(C(=O)NCc1ccc(CN)cc1)N1Cc2ccc(C)cc2C1=O. The summed E-state index contributed by atoms with van der Waals surface area (Å²) in [4.78, 5) is 27.0. The van der Waals surface area contributed by atoms with Crippen LogP contribution >= 0.6 is 0 Å². The Morgan fingerprint density at radius 2 is 1.93 bits per heavy atom. The van der Waals surface area contributed by atoms with Crippen molar-refractivity contribution < 1.29 is 14.3 Å². The van der Waals surface area contributed by atoms with Crippen LogP contribution in [-0.4, -0.2) is 29.5 Å². The van der Waals surface area contributed by atoms with Crippen molar-refractivity contribution in [2.75, 3.05) is 6.61 Å².